The Bertz CT molecular complexity index is 1270. The number of hydrogen-bond acceptors (Lipinski definition) is 7. The minimum Gasteiger partial charge on any atom is -0.462 e. The Labute approximate surface area is 211 Å². The molecule has 3 heterocycles. The molecule has 0 radical (unpaired) electrons. The number of piperidine rings is 1. The summed E-state index contributed by atoms with van der Waals surface area (Å²) in [6, 6.07) is 18.2. The van der Waals surface area contributed by atoms with Crippen LogP contribution in [0, 0.1) is 0 Å². The van der Waals surface area contributed by atoms with Crippen LogP contribution in [0.5, 0.6) is 11.5 Å². The van der Waals surface area contributed by atoms with Crippen molar-refractivity contribution < 1.29 is 14.3 Å². The van der Waals surface area contributed by atoms with Crippen molar-refractivity contribution in [2.45, 2.75) is 45.3 Å². The average Bonchev–Trinajstić information content (AvgIpc) is 3.26. The Balaban J connectivity index is 0.000000384. The van der Waals surface area contributed by atoms with Gasteiger partial charge in [0.25, 0.3) is 6.47 Å². The second-order valence-corrected chi connectivity index (χ2v) is 9.67. The summed E-state index contributed by atoms with van der Waals surface area (Å²) in [5.41, 5.74) is 8.96. The Morgan fingerprint density at radius 1 is 1.06 bits per heavy atom. The fraction of sp³-hybridized carbons (Fsp3) is 0.321. The lowest BCUT2D eigenvalue weighted by atomic mass is 10.1. The van der Waals surface area contributed by atoms with Crippen LogP contribution in [0.4, 0.5) is 5.82 Å². The number of nitrogen functional groups attached to an aromatic ring is 1. The third-order valence-corrected chi connectivity index (χ3v) is 5.85. The lowest BCUT2D eigenvalue weighted by Gasteiger charge is -2.24. The topological polar surface area (TPSA) is 104 Å². The number of para-hydroxylation sites is 1. The zero-order valence-corrected chi connectivity index (χ0v) is 21.0. The lowest BCUT2D eigenvalue weighted by Crippen LogP contribution is -2.31. The summed E-state index contributed by atoms with van der Waals surface area (Å²) in [6.07, 6.45) is 6.00. The molecule has 8 heteroatoms. The summed E-state index contributed by atoms with van der Waals surface area (Å²) in [5, 5.41) is 4.39. The summed E-state index contributed by atoms with van der Waals surface area (Å²) in [5.74, 6) is 2.13. The molecule has 0 amide bonds. The van der Waals surface area contributed by atoms with Gasteiger partial charge < -0.3 is 25.1 Å². The fourth-order valence-corrected chi connectivity index (χ4v) is 4.15. The molecule has 0 saturated carbocycles. The fourth-order valence-electron chi connectivity index (χ4n) is 4.15. The summed E-state index contributed by atoms with van der Waals surface area (Å²) in [4.78, 5) is 18.4. The normalized spacial score (nSPS) is 15.6. The third-order valence-electron chi connectivity index (χ3n) is 5.85. The minimum absolute atomic E-state index is 0.318. The highest BCUT2D eigenvalue weighted by Gasteiger charge is 2.21. The Kier molecular flexibility index (Phi) is 7.85. The molecule has 1 atom stereocenters. The van der Waals surface area contributed by atoms with Crippen LogP contribution in [0.2, 0.25) is 0 Å². The second-order valence-electron chi connectivity index (χ2n) is 9.67. The van der Waals surface area contributed by atoms with Crippen LogP contribution in [-0.4, -0.2) is 39.7 Å². The van der Waals surface area contributed by atoms with Gasteiger partial charge in [-0.2, -0.15) is 0 Å². The second kappa shape index (κ2) is 11.2. The van der Waals surface area contributed by atoms with Crippen LogP contribution < -0.4 is 15.8 Å². The predicted molar refractivity (Wildman–Crippen MR) is 142 cm³/mol. The van der Waals surface area contributed by atoms with Gasteiger partial charge >= 0.3 is 0 Å². The lowest BCUT2D eigenvalue weighted by molar-refractivity contribution is -0.138. The van der Waals surface area contributed by atoms with E-state index in [1.165, 1.54) is 0 Å². The molecule has 2 aromatic heterocycles. The number of nitrogens with one attached hydrogen (secondary N) is 1. The van der Waals surface area contributed by atoms with E-state index in [0.29, 0.717) is 18.3 Å². The van der Waals surface area contributed by atoms with E-state index < -0.39 is 0 Å². The number of benzene rings is 2. The van der Waals surface area contributed by atoms with Crippen LogP contribution in [-0.2, 0) is 9.53 Å². The first kappa shape index (κ1) is 25.2. The highest BCUT2D eigenvalue weighted by atomic mass is 16.5. The van der Waals surface area contributed by atoms with Gasteiger partial charge in [0, 0.05) is 24.3 Å². The molecular formula is C28H33N5O3. The molecule has 8 nitrogen and oxygen atoms in total. The van der Waals surface area contributed by atoms with Crippen molar-refractivity contribution in [3.63, 3.8) is 0 Å². The largest absolute Gasteiger partial charge is 0.462 e. The number of carbonyl (C=O) groups excluding carboxylic acids is 1. The molecule has 36 heavy (non-hydrogen) atoms. The summed E-state index contributed by atoms with van der Waals surface area (Å²) in [6.45, 7) is 7.93. The number of ether oxygens (including phenoxy) is 2. The highest BCUT2D eigenvalue weighted by Crippen LogP contribution is 2.36. The molecule has 0 spiro atoms. The first-order valence-electron chi connectivity index (χ1n) is 12.1. The molecule has 0 bridgehead atoms. The van der Waals surface area contributed by atoms with E-state index >= 15 is 0 Å². The Morgan fingerprint density at radius 2 is 1.78 bits per heavy atom. The number of nitrogens with two attached hydrogens (primary N) is 1. The molecule has 0 aliphatic carbocycles. The van der Waals surface area contributed by atoms with Crippen molar-refractivity contribution in [2.75, 3.05) is 18.8 Å². The van der Waals surface area contributed by atoms with E-state index in [0.717, 1.165) is 59.6 Å². The van der Waals surface area contributed by atoms with Crippen molar-refractivity contribution in [1.29, 1.82) is 0 Å². The molecule has 1 fully saturated rings. The maximum absolute atomic E-state index is 9.60. The van der Waals surface area contributed by atoms with Crippen LogP contribution in [0.1, 0.15) is 39.7 Å². The van der Waals surface area contributed by atoms with Crippen LogP contribution in [0.3, 0.4) is 0 Å². The van der Waals surface area contributed by atoms with Gasteiger partial charge in [0.2, 0.25) is 0 Å². The van der Waals surface area contributed by atoms with Gasteiger partial charge in [0.1, 0.15) is 34.9 Å². The number of nitrogens with zero attached hydrogens (tertiary/aromatic N) is 3. The first-order chi connectivity index (χ1) is 17.4. The predicted octanol–water partition coefficient (Wildman–Crippen LogP) is 5.36. The first-order valence-corrected chi connectivity index (χ1v) is 12.1. The van der Waals surface area contributed by atoms with Crippen LogP contribution in [0.15, 0.2) is 67.1 Å². The molecule has 3 N–H and O–H groups in total. The van der Waals surface area contributed by atoms with E-state index in [4.69, 9.17) is 10.5 Å². The molecule has 4 aromatic rings. The number of rotatable bonds is 5. The highest BCUT2D eigenvalue weighted by molar-refractivity contribution is 6.00. The van der Waals surface area contributed by atoms with Gasteiger partial charge in [-0.1, -0.05) is 30.3 Å². The molecule has 0 unspecified atom stereocenters. The molecule has 1 saturated heterocycles. The van der Waals surface area contributed by atoms with Crippen molar-refractivity contribution >= 4 is 23.3 Å². The minimum atomic E-state index is -0.318. The van der Waals surface area contributed by atoms with Gasteiger partial charge in [0.05, 0.1) is 5.39 Å². The van der Waals surface area contributed by atoms with Gasteiger partial charge in [-0.15, -0.1) is 0 Å². The molecule has 188 valence electrons. The number of fused-ring (bicyclic) bond motifs is 1. The number of aromatic nitrogens is 3. The zero-order valence-electron chi connectivity index (χ0n) is 21.0. The van der Waals surface area contributed by atoms with Gasteiger partial charge in [-0.25, -0.2) is 9.97 Å². The Hall–Kier alpha value is -3.91. The maximum atomic E-state index is 9.60. The van der Waals surface area contributed by atoms with Gasteiger partial charge in [0.15, 0.2) is 0 Å². The van der Waals surface area contributed by atoms with E-state index in [9.17, 15) is 4.79 Å². The quantitative estimate of drug-likeness (QED) is 0.365. The van der Waals surface area contributed by atoms with Gasteiger partial charge in [-0.3, -0.25) is 4.79 Å². The van der Waals surface area contributed by atoms with E-state index in [1.54, 1.807) is 6.33 Å². The monoisotopic (exact) mass is 487 g/mol. The maximum Gasteiger partial charge on any atom is 0.293 e. The Morgan fingerprint density at radius 3 is 2.39 bits per heavy atom. The zero-order chi connectivity index (χ0) is 25.5. The molecule has 1 aliphatic heterocycles. The van der Waals surface area contributed by atoms with Crippen molar-refractivity contribution in [1.82, 2.24) is 19.9 Å². The van der Waals surface area contributed by atoms with Gasteiger partial charge in [-0.05, 0) is 70.0 Å². The van der Waals surface area contributed by atoms with Crippen LogP contribution >= 0.6 is 0 Å². The van der Waals surface area contributed by atoms with Crippen molar-refractivity contribution in [3.05, 3.63) is 67.1 Å². The number of hydrogen-bond donors (Lipinski definition) is 2. The number of carbonyl (C=O) groups is 1. The standard InChI is InChI=1S/C23H23N5O.C5H10O2/c24-22-21-20(14-28(23(21)27-15-26-22)17-5-4-12-25-13-17)16-8-10-19(11-9-16)29-18-6-2-1-3-7-18;1-5(2,3)7-4-6/h1-3,6-11,14-15,17,25H,4-5,12-13H2,(H2,24,26,27);4H,1-3H3/t17-;/m1./s1. The summed E-state index contributed by atoms with van der Waals surface area (Å²) < 4.78 is 12.7. The van der Waals surface area contributed by atoms with Crippen molar-refractivity contribution in [3.8, 4) is 22.6 Å². The smallest absolute Gasteiger partial charge is 0.293 e. The SMILES string of the molecule is CC(C)(C)OC=O.Nc1ncnc2c1c(-c1ccc(Oc3ccccc3)cc1)cn2[C@@H]1CCCNC1. The molecule has 1 aliphatic rings. The average molecular weight is 488 g/mol. The van der Waals surface area contributed by atoms with E-state index in [-0.39, 0.29) is 5.60 Å². The van der Waals surface area contributed by atoms with E-state index in [2.05, 4.69) is 42.9 Å². The number of anilines is 1. The molecule has 2 aromatic carbocycles. The summed E-state index contributed by atoms with van der Waals surface area (Å²) in [7, 11) is 0. The molecule has 5 rings (SSSR count). The van der Waals surface area contributed by atoms with Crippen molar-refractivity contribution in [2.24, 2.45) is 0 Å². The molecular weight excluding hydrogens is 454 g/mol. The third kappa shape index (κ3) is 6.20. The summed E-state index contributed by atoms with van der Waals surface area (Å²) >= 11 is 0. The van der Waals surface area contributed by atoms with E-state index in [1.807, 2.05) is 63.2 Å². The van der Waals surface area contributed by atoms with Crippen LogP contribution in [0.25, 0.3) is 22.2 Å².